The Bertz CT molecular complexity index is 1160. The van der Waals surface area contributed by atoms with Crippen molar-refractivity contribution in [3.8, 4) is 5.75 Å². The molecule has 154 valence electrons. The molecule has 2 heterocycles. The molecule has 0 radical (unpaired) electrons. The number of ether oxygens (including phenoxy) is 3. The van der Waals surface area contributed by atoms with E-state index in [4.69, 9.17) is 14.2 Å². The van der Waals surface area contributed by atoms with Gasteiger partial charge in [-0.3, -0.25) is 4.79 Å². The van der Waals surface area contributed by atoms with Crippen molar-refractivity contribution in [1.82, 2.24) is 0 Å². The number of hydrogen-bond acceptors (Lipinski definition) is 6. The fourth-order valence-corrected chi connectivity index (χ4v) is 6.82. The summed E-state index contributed by atoms with van der Waals surface area (Å²) in [5.74, 6) is 0.545. The number of fused-ring (bicyclic) bond motifs is 1. The zero-order valence-electron chi connectivity index (χ0n) is 16.6. The van der Waals surface area contributed by atoms with E-state index in [1.807, 2.05) is 30.3 Å². The Kier molecular flexibility index (Phi) is 4.88. The molecule has 1 aliphatic carbocycles. The maximum Gasteiger partial charge on any atom is 0.198 e. The number of carbonyl (C=O) groups excluding carboxylic acids is 1. The zero-order chi connectivity index (χ0) is 20.8. The maximum absolute atomic E-state index is 13.8. The van der Waals surface area contributed by atoms with E-state index in [1.54, 1.807) is 23.5 Å². The SMILES string of the molecule is O=C1c2c3cccc2C(=C2Sc4ccccc4S2)c2cccc(c21)OCOCCOC3. The van der Waals surface area contributed by atoms with Crippen LogP contribution in [0.2, 0.25) is 0 Å². The molecule has 0 atom stereocenters. The second-order valence-electron chi connectivity index (χ2n) is 7.38. The van der Waals surface area contributed by atoms with E-state index < -0.39 is 0 Å². The van der Waals surface area contributed by atoms with Gasteiger partial charge in [0.2, 0.25) is 0 Å². The summed E-state index contributed by atoms with van der Waals surface area (Å²) < 4.78 is 18.4. The lowest BCUT2D eigenvalue weighted by atomic mass is 9.79. The lowest BCUT2D eigenvalue weighted by Crippen LogP contribution is -2.21. The first-order valence-corrected chi connectivity index (χ1v) is 11.7. The summed E-state index contributed by atoms with van der Waals surface area (Å²) in [6, 6.07) is 20.3. The summed E-state index contributed by atoms with van der Waals surface area (Å²) in [4.78, 5) is 16.3. The molecule has 3 aromatic carbocycles. The van der Waals surface area contributed by atoms with E-state index in [0.29, 0.717) is 36.7 Å². The molecule has 0 N–H and O–H groups in total. The predicted octanol–water partition coefficient (Wildman–Crippen LogP) is 5.73. The molecule has 0 saturated carbocycles. The van der Waals surface area contributed by atoms with E-state index in [-0.39, 0.29) is 12.6 Å². The normalized spacial score (nSPS) is 17.5. The number of thioether (sulfide) groups is 2. The van der Waals surface area contributed by atoms with Crippen LogP contribution in [-0.4, -0.2) is 25.8 Å². The third kappa shape index (κ3) is 3.22. The van der Waals surface area contributed by atoms with Gasteiger partial charge in [-0.05, 0) is 34.9 Å². The van der Waals surface area contributed by atoms with Crippen LogP contribution < -0.4 is 4.74 Å². The summed E-state index contributed by atoms with van der Waals surface area (Å²) in [7, 11) is 0. The van der Waals surface area contributed by atoms with Crippen LogP contribution >= 0.6 is 23.5 Å². The van der Waals surface area contributed by atoms with Crippen molar-refractivity contribution in [2.24, 2.45) is 0 Å². The molecule has 0 spiro atoms. The summed E-state index contributed by atoms with van der Waals surface area (Å²) in [5, 5.41) is 0. The molecule has 6 heteroatoms. The van der Waals surface area contributed by atoms with Crippen LogP contribution in [0.4, 0.5) is 0 Å². The topological polar surface area (TPSA) is 44.8 Å². The van der Waals surface area contributed by atoms with Crippen molar-refractivity contribution in [2.75, 3.05) is 20.0 Å². The van der Waals surface area contributed by atoms with Gasteiger partial charge in [0.25, 0.3) is 0 Å². The van der Waals surface area contributed by atoms with E-state index in [0.717, 1.165) is 22.3 Å². The van der Waals surface area contributed by atoms with Gasteiger partial charge in [0, 0.05) is 20.9 Å². The minimum atomic E-state index is -0.0183. The lowest BCUT2D eigenvalue weighted by molar-refractivity contribution is -0.0205. The number of rotatable bonds is 0. The number of carbonyl (C=O) groups is 1. The van der Waals surface area contributed by atoms with Crippen LogP contribution in [0.3, 0.4) is 0 Å². The Morgan fingerprint density at radius 3 is 2.26 bits per heavy atom. The minimum Gasteiger partial charge on any atom is -0.467 e. The molecule has 0 unspecified atom stereocenters. The molecular weight excluding hydrogens is 428 g/mol. The van der Waals surface area contributed by atoms with E-state index in [2.05, 4.69) is 30.3 Å². The highest BCUT2D eigenvalue weighted by molar-refractivity contribution is 8.25. The van der Waals surface area contributed by atoms with Gasteiger partial charge in [-0.15, -0.1) is 0 Å². The molecule has 6 rings (SSSR count). The van der Waals surface area contributed by atoms with Gasteiger partial charge < -0.3 is 14.2 Å². The molecule has 3 aromatic rings. The summed E-state index contributed by atoms with van der Waals surface area (Å²) in [6.07, 6.45) is 0. The van der Waals surface area contributed by atoms with Gasteiger partial charge in [0.1, 0.15) is 5.75 Å². The van der Waals surface area contributed by atoms with Crippen molar-refractivity contribution in [3.63, 3.8) is 0 Å². The molecule has 0 aromatic heterocycles. The smallest absolute Gasteiger partial charge is 0.198 e. The largest absolute Gasteiger partial charge is 0.467 e. The van der Waals surface area contributed by atoms with Crippen LogP contribution in [0, 0.1) is 0 Å². The first kappa shape index (κ1) is 19.2. The molecule has 0 fully saturated rings. The van der Waals surface area contributed by atoms with Gasteiger partial charge in [-0.2, -0.15) is 0 Å². The molecule has 3 aliphatic rings. The van der Waals surface area contributed by atoms with Crippen LogP contribution in [-0.2, 0) is 16.1 Å². The Hall–Kier alpha value is -2.51. The van der Waals surface area contributed by atoms with Crippen molar-refractivity contribution in [3.05, 3.63) is 92.7 Å². The summed E-state index contributed by atoms with van der Waals surface area (Å²) in [5.41, 5.74) is 5.17. The molecular formula is C25H18O4S2. The lowest BCUT2D eigenvalue weighted by Gasteiger charge is -2.27. The fraction of sp³-hybridized carbons (Fsp3) is 0.160. The molecule has 2 aliphatic heterocycles. The highest BCUT2D eigenvalue weighted by Gasteiger charge is 2.35. The molecule has 31 heavy (non-hydrogen) atoms. The number of hydrogen-bond donors (Lipinski definition) is 0. The second-order valence-corrected chi connectivity index (χ2v) is 9.75. The van der Waals surface area contributed by atoms with Gasteiger partial charge in [-0.25, -0.2) is 0 Å². The van der Waals surface area contributed by atoms with E-state index in [9.17, 15) is 4.79 Å². The van der Waals surface area contributed by atoms with E-state index >= 15 is 0 Å². The van der Waals surface area contributed by atoms with Gasteiger partial charge in [0.15, 0.2) is 12.6 Å². The Labute approximate surface area is 188 Å². The highest BCUT2D eigenvalue weighted by atomic mass is 32.2. The number of benzene rings is 3. The van der Waals surface area contributed by atoms with Gasteiger partial charge in [0.05, 0.1) is 29.6 Å². The van der Waals surface area contributed by atoms with Crippen molar-refractivity contribution < 1.29 is 19.0 Å². The van der Waals surface area contributed by atoms with Crippen LogP contribution in [0.25, 0.3) is 5.57 Å². The Morgan fingerprint density at radius 1 is 0.742 bits per heavy atom. The molecule has 0 amide bonds. The van der Waals surface area contributed by atoms with E-state index in [1.165, 1.54) is 14.0 Å². The first-order chi connectivity index (χ1) is 15.3. The predicted molar refractivity (Wildman–Crippen MR) is 122 cm³/mol. The quantitative estimate of drug-likeness (QED) is 0.344. The van der Waals surface area contributed by atoms with Crippen LogP contribution in [0.5, 0.6) is 5.75 Å². The monoisotopic (exact) mass is 446 g/mol. The summed E-state index contributed by atoms with van der Waals surface area (Å²) >= 11 is 3.52. The molecule has 2 bridgehead atoms. The fourth-order valence-electron chi connectivity index (χ4n) is 4.19. The van der Waals surface area contributed by atoms with Crippen molar-refractivity contribution >= 4 is 34.9 Å². The first-order valence-electron chi connectivity index (χ1n) is 10.1. The van der Waals surface area contributed by atoms with Crippen LogP contribution in [0.1, 0.15) is 32.6 Å². The minimum absolute atomic E-state index is 0.0183. The Balaban J connectivity index is 1.63. The number of ketones is 1. The highest BCUT2D eigenvalue weighted by Crippen LogP contribution is 2.56. The van der Waals surface area contributed by atoms with Crippen LogP contribution in [0.15, 0.2) is 74.7 Å². The third-order valence-electron chi connectivity index (χ3n) is 5.56. The van der Waals surface area contributed by atoms with Crippen molar-refractivity contribution in [2.45, 2.75) is 16.4 Å². The second kappa shape index (κ2) is 7.88. The summed E-state index contributed by atoms with van der Waals surface area (Å²) in [6.45, 7) is 1.35. The maximum atomic E-state index is 13.8. The van der Waals surface area contributed by atoms with Gasteiger partial charge >= 0.3 is 0 Å². The molecule has 4 nitrogen and oxygen atoms in total. The Morgan fingerprint density at radius 2 is 1.45 bits per heavy atom. The third-order valence-corrected chi connectivity index (χ3v) is 8.12. The van der Waals surface area contributed by atoms with Crippen molar-refractivity contribution in [1.29, 1.82) is 0 Å². The standard InChI is InChI=1S/C25H18O4S2/c26-24-21-15-5-3-6-16(21)22(25-30-19-9-1-2-10-20(19)31-25)17-7-4-8-18(23(17)24)29-14-28-12-11-27-13-15/h1-10H,11-14H2. The molecule has 0 saturated heterocycles. The average molecular weight is 447 g/mol. The average Bonchev–Trinajstić information content (AvgIpc) is 3.21. The zero-order valence-corrected chi connectivity index (χ0v) is 18.2. The van der Waals surface area contributed by atoms with Gasteiger partial charge in [-0.1, -0.05) is 66.0 Å².